The van der Waals surface area contributed by atoms with Gasteiger partial charge in [-0.3, -0.25) is 18.8 Å². The summed E-state index contributed by atoms with van der Waals surface area (Å²) in [6.45, 7) is 3.78. The van der Waals surface area contributed by atoms with Crippen LogP contribution in [0.25, 0.3) is 28.4 Å². The highest BCUT2D eigenvalue weighted by atomic mass is 19.1. The molecule has 6 rings (SSSR count). The third kappa shape index (κ3) is 5.13. The molecule has 4 aromatic heterocycles. The van der Waals surface area contributed by atoms with E-state index < -0.39 is 5.97 Å². The molecule has 5 aromatic rings. The first-order valence-corrected chi connectivity index (χ1v) is 13.6. The zero-order valence-corrected chi connectivity index (χ0v) is 22.9. The van der Waals surface area contributed by atoms with Crippen LogP contribution in [-0.4, -0.2) is 84.0 Å². The third-order valence-corrected chi connectivity index (χ3v) is 7.39. The molecule has 1 saturated heterocycles. The number of fused-ring (bicyclic) bond motifs is 3. The van der Waals surface area contributed by atoms with E-state index in [-0.39, 0.29) is 30.5 Å². The fraction of sp³-hybridized carbons (Fsp3) is 0.370. The summed E-state index contributed by atoms with van der Waals surface area (Å²) in [6.07, 6.45) is 1.89. The van der Waals surface area contributed by atoms with E-state index in [1.807, 2.05) is 4.90 Å². The standard InChI is InChI=1S/C27H30FN9O5/c1-33-22-24(31-26(29)37-25(22)30-23(32-37)20-4-2-15-42-20)36(27(33)40)13-10-34-8-11-35(12-9-34)19-7-6-17(16-18(19)28)41-14-3-5-21(38)39/h2,4,6-7,15-16H,3,5,8-14H2,1H3,(H2,29,31)(H,38,39). The molecule has 15 heteroatoms. The average Bonchev–Trinajstić information content (AvgIpc) is 3.71. The van der Waals surface area contributed by atoms with Gasteiger partial charge in [0.25, 0.3) is 0 Å². The van der Waals surface area contributed by atoms with Crippen molar-refractivity contribution >= 4 is 34.4 Å². The number of nitrogens with two attached hydrogens (primary N) is 1. The second-order valence-electron chi connectivity index (χ2n) is 10.1. The van der Waals surface area contributed by atoms with Crippen molar-refractivity contribution in [2.45, 2.75) is 19.4 Å². The molecule has 0 spiro atoms. The summed E-state index contributed by atoms with van der Waals surface area (Å²) in [5.74, 6) is 0.0175. The van der Waals surface area contributed by atoms with Gasteiger partial charge in [-0.05, 0) is 30.7 Å². The molecule has 1 aliphatic rings. The maximum absolute atomic E-state index is 14.9. The molecule has 42 heavy (non-hydrogen) atoms. The number of hydrogen-bond acceptors (Lipinski definition) is 10. The summed E-state index contributed by atoms with van der Waals surface area (Å²) in [6, 6.07) is 8.19. The summed E-state index contributed by atoms with van der Waals surface area (Å²) < 4.78 is 30.2. The van der Waals surface area contributed by atoms with Gasteiger partial charge in [0.1, 0.15) is 17.1 Å². The molecule has 1 aromatic carbocycles. The number of carboxylic acids is 1. The van der Waals surface area contributed by atoms with Crippen LogP contribution >= 0.6 is 0 Å². The number of aliphatic carboxylic acids is 1. The van der Waals surface area contributed by atoms with E-state index in [9.17, 15) is 14.0 Å². The Morgan fingerprint density at radius 2 is 1.95 bits per heavy atom. The maximum atomic E-state index is 14.9. The molecule has 0 saturated carbocycles. The van der Waals surface area contributed by atoms with Crippen molar-refractivity contribution in [1.29, 1.82) is 0 Å². The lowest BCUT2D eigenvalue weighted by atomic mass is 10.2. The lowest BCUT2D eigenvalue weighted by molar-refractivity contribution is -0.137. The van der Waals surface area contributed by atoms with Crippen molar-refractivity contribution in [3.8, 4) is 17.3 Å². The smallest absolute Gasteiger partial charge is 0.330 e. The predicted octanol–water partition coefficient (Wildman–Crippen LogP) is 1.82. The van der Waals surface area contributed by atoms with Gasteiger partial charge in [0, 0.05) is 58.8 Å². The molecule has 5 heterocycles. The number of nitrogens with zero attached hydrogens (tertiary/aromatic N) is 8. The van der Waals surface area contributed by atoms with Crippen LogP contribution in [0.3, 0.4) is 0 Å². The van der Waals surface area contributed by atoms with Gasteiger partial charge in [-0.1, -0.05) is 0 Å². The van der Waals surface area contributed by atoms with Crippen molar-refractivity contribution in [3.05, 3.63) is 52.9 Å². The van der Waals surface area contributed by atoms with E-state index in [2.05, 4.69) is 20.0 Å². The fourth-order valence-electron chi connectivity index (χ4n) is 5.20. The van der Waals surface area contributed by atoms with E-state index in [0.717, 1.165) is 0 Å². The summed E-state index contributed by atoms with van der Waals surface area (Å²) >= 11 is 0. The Morgan fingerprint density at radius 1 is 1.14 bits per heavy atom. The minimum absolute atomic E-state index is 0.00367. The van der Waals surface area contributed by atoms with Gasteiger partial charge in [-0.2, -0.15) is 9.50 Å². The molecule has 0 bridgehead atoms. The van der Waals surface area contributed by atoms with Gasteiger partial charge in [-0.15, -0.1) is 5.10 Å². The minimum Gasteiger partial charge on any atom is -0.493 e. The predicted molar refractivity (Wildman–Crippen MR) is 151 cm³/mol. The number of anilines is 2. The van der Waals surface area contributed by atoms with E-state index >= 15 is 0 Å². The molecule has 0 atom stereocenters. The van der Waals surface area contributed by atoms with Gasteiger partial charge < -0.3 is 24.9 Å². The number of aryl methyl sites for hydroxylation is 1. The SMILES string of the molecule is Cn1c(=O)n(CCN2CCN(c3ccc(OCCCC(=O)O)cc3F)CC2)c2nc(N)n3nc(-c4ccco4)nc3c21. The first-order chi connectivity index (χ1) is 20.3. The van der Waals surface area contributed by atoms with E-state index in [1.165, 1.54) is 21.4 Å². The second kappa shape index (κ2) is 11.2. The summed E-state index contributed by atoms with van der Waals surface area (Å²) in [5, 5.41) is 13.1. The molecular formula is C27H30FN9O5. The number of imidazole rings is 1. The van der Waals surface area contributed by atoms with Crippen molar-refractivity contribution < 1.29 is 23.4 Å². The molecule has 1 aliphatic heterocycles. The molecule has 3 N–H and O–H groups in total. The molecule has 220 valence electrons. The largest absolute Gasteiger partial charge is 0.493 e. The molecule has 0 radical (unpaired) electrons. The molecule has 0 aliphatic carbocycles. The Kier molecular flexibility index (Phi) is 7.24. The number of hydrogen-bond donors (Lipinski definition) is 2. The first-order valence-electron chi connectivity index (χ1n) is 13.6. The van der Waals surface area contributed by atoms with E-state index in [0.29, 0.717) is 85.5 Å². The highest BCUT2D eigenvalue weighted by Gasteiger charge is 2.23. The van der Waals surface area contributed by atoms with Gasteiger partial charge in [0.2, 0.25) is 11.8 Å². The Balaban J connectivity index is 1.11. The molecule has 0 amide bonds. The topological polar surface area (TPSA) is 162 Å². The molecule has 0 unspecified atom stereocenters. The zero-order valence-electron chi connectivity index (χ0n) is 22.9. The summed E-state index contributed by atoms with van der Waals surface area (Å²) in [7, 11) is 1.67. The van der Waals surface area contributed by atoms with Crippen LogP contribution in [0.15, 0.2) is 45.8 Å². The number of piperazine rings is 1. The summed E-state index contributed by atoms with van der Waals surface area (Å²) in [5.41, 5.74) is 7.82. The zero-order chi connectivity index (χ0) is 29.4. The average molecular weight is 580 g/mol. The minimum atomic E-state index is -0.890. The van der Waals surface area contributed by atoms with E-state index in [1.54, 1.807) is 35.9 Å². The Labute approximate surface area is 238 Å². The number of nitrogen functional groups attached to an aromatic ring is 1. The fourth-order valence-corrected chi connectivity index (χ4v) is 5.20. The van der Waals surface area contributed by atoms with Crippen LogP contribution in [0.4, 0.5) is 16.0 Å². The Bertz CT molecular complexity index is 1800. The van der Waals surface area contributed by atoms with Crippen LogP contribution in [0.1, 0.15) is 12.8 Å². The van der Waals surface area contributed by atoms with E-state index in [4.69, 9.17) is 20.0 Å². The van der Waals surface area contributed by atoms with Crippen LogP contribution in [0.5, 0.6) is 5.75 Å². The van der Waals surface area contributed by atoms with Crippen molar-refractivity contribution in [3.63, 3.8) is 0 Å². The van der Waals surface area contributed by atoms with Crippen molar-refractivity contribution in [2.75, 3.05) is 50.0 Å². The summed E-state index contributed by atoms with van der Waals surface area (Å²) in [4.78, 5) is 37.1. The molecule has 1 fully saturated rings. The third-order valence-electron chi connectivity index (χ3n) is 7.39. The van der Waals surface area contributed by atoms with Crippen LogP contribution in [0, 0.1) is 5.82 Å². The number of furan rings is 1. The number of aromatic nitrogens is 6. The number of halogens is 1. The Hall–Kier alpha value is -4.92. The van der Waals surface area contributed by atoms with Gasteiger partial charge in [-0.25, -0.2) is 14.2 Å². The Morgan fingerprint density at radius 3 is 2.67 bits per heavy atom. The number of carbonyl (C=O) groups is 1. The molecule has 14 nitrogen and oxygen atoms in total. The normalized spacial score (nSPS) is 14.3. The van der Waals surface area contributed by atoms with Gasteiger partial charge in [0.05, 0.1) is 18.6 Å². The van der Waals surface area contributed by atoms with Gasteiger partial charge in [0.15, 0.2) is 17.1 Å². The highest BCUT2D eigenvalue weighted by molar-refractivity contribution is 5.88. The first kappa shape index (κ1) is 27.3. The number of ether oxygens (including phenoxy) is 1. The monoisotopic (exact) mass is 579 g/mol. The van der Waals surface area contributed by atoms with Crippen LogP contribution in [0.2, 0.25) is 0 Å². The van der Waals surface area contributed by atoms with Gasteiger partial charge >= 0.3 is 11.7 Å². The van der Waals surface area contributed by atoms with Crippen molar-refractivity contribution in [1.82, 2.24) is 33.6 Å². The number of rotatable bonds is 10. The quantitative estimate of drug-likeness (QED) is 0.232. The highest BCUT2D eigenvalue weighted by Crippen LogP contribution is 2.26. The maximum Gasteiger partial charge on any atom is 0.330 e. The lowest BCUT2D eigenvalue weighted by Gasteiger charge is -2.36. The molecular weight excluding hydrogens is 549 g/mol. The number of benzene rings is 1. The lowest BCUT2D eigenvalue weighted by Crippen LogP contribution is -2.47. The van der Waals surface area contributed by atoms with Crippen LogP contribution < -0.4 is 21.1 Å². The number of carboxylic acid groups (broad SMARTS) is 1. The van der Waals surface area contributed by atoms with Crippen molar-refractivity contribution in [2.24, 2.45) is 7.05 Å². The second-order valence-corrected chi connectivity index (χ2v) is 10.1. The van der Waals surface area contributed by atoms with Crippen LogP contribution in [-0.2, 0) is 18.4 Å².